The second kappa shape index (κ2) is 3.63. The highest BCUT2D eigenvalue weighted by molar-refractivity contribution is 5.10. The highest BCUT2D eigenvalue weighted by atomic mass is 15.1. The van der Waals surface area contributed by atoms with Crippen LogP contribution in [0.15, 0.2) is 12.5 Å². The Morgan fingerprint density at radius 3 is 3.38 bits per heavy atom. The lowest BCUT2D eigenvalue weighted by atomic mass is 10.1. The van der Waals surface area contributed by atoms with Crippen LogP contribution >= 0.6 is 0 Å². The van der Waals surface area contributed by atoms with Gasteiger partial charge in [-0.25, -0.2) is 4.98 Å². The van der Waals surface area contributed by atoms with Crippen LogP contribution in [0.5, 0.6) is 0 Å². The number of imidazole rings is 1. The first-order valence-corrected chi connectivity index (χ1v) is 4.56. The normalized spacial score (nSPS) is 21.6. The van der Waals surface area contributed by atoms with Crippen molar-refractivity contribution >= 4 is 0 Å². The minimum Gasteiger partial charge on any atom is -0.323 e. The number of nitrogens with zero attached hydrogens (tertiary/aromatic N) is 2. The third-order valence-corrected chi connectivity index (χ3v) is 2.48. The van der Waals surface area contributed by atoms with E-state index in [1.165, 1.54) is 12.1 Å². The molecule has 1 aromatic rings. The molecule has 0 aliphatic carbocycles. The lowest BCUT2D eigenvalue weighted by Crippen LogP contribution is -2.11. The van der Waals surface area contributed by atoms with Crippen LogP contribution in [0.1, 0.15) is 18.0 Å². The molecule has 68 valence electrons. The standard InChI is InChI=1S/C10H13N3/c1-2-5-13-8-12-7-10(13)9-3-4-11-6-9/h1,7-9,11H,3-6H2. The highest BCUT2D eigenvalue weighted by Crippen LogP contribution is 2.21. The molecular formula is C10H13N3. The van der Waals surface area contributed by atoms with Crippen molar-refractivity contribution in [3.05, 3.63) is 18.2 Å². The van der Waals surface area contributed by atoms with Crippen molar-refractivity contribution in [2.24, 2.45) is 0 Å². The molecule has 3 nitrogen and oxygen atoms in total. The van der Waals surface area contributed by atoms with E-state index in [0.29, 0.717) is 12.5 Å². The maximum Gasteiger partial charge on any atom is 0.0956 e. The van der Waals surface area contributed by atoms with Gasteiger partial charge in [0.25, 0.3) is 0 Å². The number of hydrogen-bond donors (Lipinski definition) is 1. The summed E-state index contributed by atoms with van der Waals surface area (Å²) in [5.41, 5.74) is 1.27. The first kappa shape index (κ1) is 8.33. The summed E-state index contributed by atoms with van der Waals surface area (Å²) < 4.78 is 2.05. The van der Waals surface area contributed by atoms with Gasteiger partial charge in [0, 0.05) is 24.4 Å². The molecule has 2 rings (SSSR count). The summed E-state index contributed by atoms with van der Waals surface area (Å²) in [5.74, 6) is 3.23. The summed E-state index contributed by atoms with van der Waals surface area (Å²) in [5, 5.41) is 3.34. The second-order valence-electron chi connectivity index (χ2n) is 3.34. The van der Waals surface area contributed by atoms with E-state index in [2.05, 4.69) is 20.8 Å². The van der Waals surface area contributed by atoms with Gasteiger partial charge in [0.1, 0.15) is 0 Å². The summed E-state index contributed by atoms with van der Waals surface area (Å²) in [6.45, 7) is 2.79. The lowest BCUT2D eigenvalue weighted by Gasteiger charge is -2.09. The van der Waals surface area contributed by atoms with Gasteiger partial charge in [-0.15, -0.1) is 6.42 Å². The first-order chi connectivity index (χ1) is 6.42. The molecule has 1 N–H and O–H groups in total. The number of hydrogen-bond acceptors (Lipinski definition) is 2. The van der Waals surface area contributed by atoms with Gasteiger partial charge in [0.15, 0.2) is 0 Å². The van der Waals surface area contributed by atoms with Crippen LogP contribution in [0.4, 0.5) is 0 Å². The number of nitrogens with one attached hydrogen (secondary N) is 1. The summed E-state index contributed by atoms with van der Waals surface area (Å²) in [6.07, 6.45) is 10.2. The maximum absolute atomic E-state index is 5.27. The van der Waals surface area contributed by atoms with Gasteiger partial charge in [-0.3, -0.25) is 0 Å². The van der Waals surface area contributed by atoms with Crippen LogP contribution in [0.2, 0.25) is 0 Å². The SMILES string of the molecule is C#CCn1cncc1C1CCNC1. The quantitative estimate of drug-likeness (QED) is 0.667. The minimum atomic E-state index is 0.593. The average molecular weight is 175 g/mol. The molecule has 3 heteroatoms. The molecule has 0 aromatic carbocycles. The molecule has 0 saturated carbocycles. The first-order valence-electron chi connectivity index (χ1n) is 4.56. The van der Waals surface area contributed by atoms with Gasteiger partial charge in [-0.2, -0.15) is 0 Å². The van der Waals surface area contributed by atoms with Crippen molar-refractivity contribution in [3.8, 4) is 12.3 Å². The fraction of sp³-hybridized carbons (Fsp3) is 0.500. The van der Waals surface area contributed by atoms with E-state index in [1.54, 1.807) is 0 Å². The Bertz CT molecular complexity index is 315. The molecule has 2 heterocycles. The molecule has 1 aromatic heterocycles. The van der Waals surface area contributed by atoms with Gasteiger partial charge in [-0.05, 0) is 13.0 Å². The van der Waals surface area contributed by atoms with Gasteiger partial charge in [-0.1, -0.05) is 5.92 Å². The Morgan fingerprint density at radius 2 is 2.69 bits per heavy atom. The van der Waals surface area contributed by atoms with Crippen molar-refractivity contribution in [2.75, 3.05) is 13.1 Å². The molecule has 1 saturated heterocycles. The van der Waals surface area contributed by atoms with E-state index in [9.17, 15) is 0 Å². The summed E-state index contributed by atoms with van der Waals surface area (Å²) in [4.78, 5) is 4.12. The third-order valence-electron chi connectivity index (χ3n) is 2.48. The molecule has 1 atom stereocenters. The molecule has 1 unspecified atom stereocenters. The largest absolute Gasteiger partial charge is 0.323 e. The summed E-state index contributed by atoms with van der Waals surface area (Å²) in [6, 6.07) is 0. The molecule has 0 bridgehead atoms. The van der Waals surface area contributed by atoms with Crippen molar-refractivity contribution < 1.29 is 0 Å². The highest BCUT2D eigenvalue weighted by Gasteiger charge is 2.19. The molecule has 0 amide bonds. The van der Waals surface area contributed by atoms with E-state index < -0.39 is 0 Å². The number of terminal acetylenes is 1. The maximum atomic E-state index is 5.27. The molecule has 1 aliphatic heterocycles. The van der Waals surface area contributed by atoms with E-state index in [0.717, 1.165) is 13.1 Å². The van der Waals surface area contributed by atoms with E-state index in [4.69, 9.17) is 6.42 Å². The van der Waals surface area contributed by atoms with Gasteiger partial charge in [0.2, 0.25) is 0 Å². The van der Waals surface area contributed by atoms with Gasteiger partial charge in [0.05, 0.1) is 12.9 Å². The molecule has 13 heavy (non-hydrogen) atoms. The van der Waals surface area contributed by atoms with Crippen LogP contribution in [0.3, 0.4) is 0 Å². The van der Waals surface area contributed by atoms with Crippen LogP contribution < -0.4 is 5.32 Å². The smallest absolute Gasteiger partial charge is 0.0956 e. The van der Waals surface area contributed by atoms with Crippen molar-refractivity contribution in [3.63, 3.8) is 0 Å². The zero-order valence-electron chi connectivity index (χ0n) is 7.53. The van der Waals surface area contributed by atoms with Crippen molar-refractivity contribution in [2.45, 2.75) is 18.9 Å². The number of aromatic nitrogens is 2. The summed E-state index contributed by atoms with van der Waals surface area (Å²) in [7, 11) is 0. The lowest BCUT2D eigenvalue weighted by molar-refractivity contribution is 0.667. The predicted octanol–water partition coefficient (Wildman–Crippen LogP) is 0.593. The van der Waals surface area contributed by atoms with Crippen LogP contribution in [0.25, 0.3) is 0 Å². The van der Waals surface area contributed by atoms with Crippen LogP contribution in [-0.4, -0.2) is 22.6 Å². The Kier molecular flexibility index (Phi) is 2.33. The monoisotopic (exact) mass is 175 g/mol. The Labute approximate surface area is 78.2 Å². The Morgan fingerprint density at radius 1 is 1.77 bits per heavy atom. The van der Waals surface area contributed by atoms with Crippen molar-refractivity contribution in [1.82, 2.24) is 14.9 Å². The predicted molar refractivity (Wildman–Crippen MR) is 51.3 cm³/mol. The second-order valence-corrected chi connectivity index (χ2v) is 3.34. The zero-order valence-corrected chi connectivity index (χ0v) is 7.53. The summed E-state index contributed by atoms with van der Waals surface area (Å²) >= 11 is 0. The Hall–Kier alpha value is -1.27. The van der Waals surface area contributed by atoms with E-state index in [1.807, 2.05) is 12.5 Å². The van der Waals surface area contributed by atoms with Gasteiger partial charge >= 0.3 is 0 Å². The minimum absolute atomic E-state index is 0.593. The van der Waals surface area contributed by atoms with E-state index >= 15 is 0 Å². The molecule has 1 aliphatic rings. The molecule has 0 spiro atoms. The fourth-order valence-electron chi connectivity index (χ4n) is 1.81. The molecular weight excluding hydrogens is 162 g/mol. The van der Waals surface area contributed by atoms with Crippen molar-refractivity contribution in [1.29, 1.82) is 0 Å². The molecule has 0 radical (unpaired) electrons. The van der Waals surface area contributed by atoms with Crippen LogP contribution in [0, 0.1) is 12.3 Å². The van der Waals surface area contributed by atoms with E-state index in [-0.39, 0.29) is 0 Å². The zero-order chi connectivity index (χ0) is 9.10. The number of rotatable bonds is 2. The third kappa shape index (κ3) is 1.58. The topological polar surface area (TPSA) is 29.9 Å². The average Bonchev–Trinajstić information content (AvgIpc) is 2.71. The fourth-order valence-corrected chi connectivity index (χ4v) is 1.81. The van der Waals surface area contributed by atoms with Gasteiger partial charge < -0.3 is 9.88 Å². The Balaban J connectivity index is 2.19. The van der Waals surface area contributed by atoms with Crippen LogP contribution in [-0.2, 0) is 6.54 Å². The molecule has 1 fully saturated rings.